The van der Waals surface area contributed by atoms with Gasteiger partial charge in [-0.2, -0.15) is 0 Å². The molecule has 134 valence electrons. The number of carbonyl (C=O) groups is 2. The van der Waals surface area contributed by atoms with Crippen LogP contribution in [0.25, 0.3) is 0 Å². The summed E-state index contributed by atoms with van der Waals surface area (Å²) in [4.78, 5) is 29.6. The normalized spacial score (nSPS) is 25.8. The Kier molecular flexibility index (Phi) is 4.53. The van der Waals surface area contributed by atoms with Gasteiger partial charge in [-0.1, -0.05) is 49.6 Å². The van der Waals surface area contributed by atoms with E-state index in [2.05, 4.69) is 12.1 Å². The molecule has 0 aromatic heterocycles. The lowest BCUT2D eigenvalue weighted by molar-refractivity contribution is -0.181. The SMILES string of the molecule is O=C(CN1C(=O)C2(CCCCC2)C1c1ccccc1)N1CCCCC1. The van der Waals surface area contributed by atoms with E-state index in [1.807, 2.05) is 28.0 Å². The van der Waals surface area contributed by atoms with Crippen LogP contribution in [-0.2, 0) is 9.59 Å². The molecule has 25 heavy (non-hydrogen) atoms. The summed E-state index contributed by atoms with van der Waals surface area (Å²) in [7, 11) is 0. The number of amides is 2. The summed E-state index contributed by atoms with van der Waals surface area (Å²) in [5, 5.41) is 0. The van der Waals surface area contributed by atoms with Gasteiger partial charge < -0.3 is 9.80 Å². The third-order valence-corrected chi connectivity index (χ3v) is 6.40. The molecule has 4 rings (SSSR count). The van der Waals surface area contributed by atoms with Gasteiger partial charge in [0.25, 0.3) is 0 Å². The fraction of sp³-hybridized carbons (Fsp3) is 0.619. The Morgan fingerprint density at radius 2 is 1.60 bits per heavy atom. The van der Waals surface area contributed by atoms with Gasteiger partial charge >= 0.3 is 0 Å². The summed E-state index contributed by atoms with van der Waals surface area (Å²) in [6.45, 7) is 1.95. The lowest BCUT2D eigenvalue weighted by Crippen LogP contribution is -2.65. The van der Waals surface area contributed by atoms with Gasteiger partial charge in [0.1, 0.15) is 6.54 Å². The summed E-state index contributed by atoms with van der Waals surface area (Å²) in [6, 6.07) is 10.4. The van der Waals surface area contributed by atoms with E-state index in [4.69, 9.17) is 0 Å². The fourth-order valence-corrected chi connectivity index (χ4v) is 5.11. The van der Waals surface area contributed by atoms with Gasteiger partial charge in [-0.25, -0.2) is 0 Å². The maximum absolute atomic E-state index is 13.1. The molecule has 2 aliphatic heterocycles. The predicted octanol–water partition coefficient (Wildman–Crippen LogP) is 3.53. The quantitative estimate of drug-likeness (QED) is 0.790. The third kappa shape index (κ3) is 2.86. The molecule has 2 heterocycles. The second-order valence-corrected chi connectivity index (χ2v) is 7.90. The zero-order chi connectivity index (χ0) is 17.3. The highest BCUT2D eigenvalue weighted by Crippen LogP contribution is 2.57. The maximum Gasteiger partial charge on any atom is 0.242 e. The van der Waals surface area contributed by atoms with Gasteiger partial charge in [0.05, 0.1) is 11.5 Å². The van der Waals surface area contributed by atoms with Crippen molar-refractivity contribution < 1.29 is 9.59 Å². The van der Waals surface area contributed by atoms with Crippen LogP contribution < -0.4 is 0 Å². The van der Waals surface area contributed by atoms with Crippen molar-refractivity contribution in [2.75, 3.05) is 19.6 Å². The molecule has 1 aromatic carbocycles. The van der Waals surface area contributed by atoms with Crippen molar-refractivity contribution in [3.8, 4) is 0 Å². The number of nitrogens with zero attached hydrogens (tertiary/aromatic N) is 2. The monoisotopic (exact) mass is 340 g/mol. The second-order valence-electron chi connectivity index (χ2n) is 7.90. The van der Waals surface area contributed by atoms with Crippen LogP contribution in [0.3, 0.4) is 0 Å². The number of piperidine rings is 1. The van der Waals surface area contributed by atoms with Gasteiger partial charge in [0.15, 0.2) is 0 Å². The van der Waals surface area contributed by atoms with E-state index < -0.39 is 0 Å². The standard InChI is InChI=1S/C21H28N2O2/c24-18(22-14-8-3-9-15-22)16-23-19(17-10-4-1-5-11-17)21(20(23)25)12-6-2-7-13-21/h1,4-5,10-11,19H,2-3,6-9,12-16H2. The van der Waals surface area contributed by atoms with Crippen molar-refractivity contribution in [3.63, 3.8) is 0 Å². The van der Waals surface area contributed by atoms with Crippen molar-refractivity contribution in [3.05, 3.63) is 35.9 Å². The van der Waals surface area contributed by atoms with Crippen LogP contribution in [0.4, 0.5) is 0 Å². The Labute approximate surface area is 150 Å². The Hall–Kier alpha value is -1.84. The van der Waals surface area contributed by atoms with E-state index in [0.29, 0.717) is 0 Å². The first-order valence-corrected chi connectivity index (χ1v) is 9.86. The molecule has 0 bridgehead atoms. The van der Waals surface area contributed by atoms with Crippen molar-refractivity contribution in [2.24, 2.45) is 5.41 Å². The minimum atomic E-state index is -0.248. The van der Waals surface area contributed by atoms with Gasteiger partial charge in [0, 0.05) is 13.1 Å². The third-order valence-electron chi connectivity index (χ3n) is 6.40. The van der Waals surface area contributed by atoms with Crippen molar-refractivity contribution >= 4 is 11.8 Å². The molecule has 2 amide bonds. The summed E-state index contributed by atoms with van der Waals surface area (Å²) < 4.78 is 0. The van der Waals surface area contributed by atoms with Crippen LogP contribution in [0.1, 0.15) is 63.0 Å². The van der Waals surface area contributed by atoms with E-state index in [9.17, 15) is 9.59 Å². The largest absolute Gasteiger partial charge is 0.341 e. The summed E-state index contributed by atoms with van der Waals surface area (Å²) >= 11 is 0. The molecule has 1 spiro atoms. The number of rotatable bonds is 3. The van der Waals surface area contributed by atoms with E-state index in [0.717, 1.165) is 51.6 Å². The van der Waals surface area contributed by atoms with Gasteiger partial charge in [-0.3, -0.25) is 9.59 Å². The number of hydrogen-bond donors (Lipinski definition) is 0. The molecule has 2 saturated heterocycles. The number of carbonyl (C=O) groups excluding carboxylic acids is 2. The van der Waals surface area contributed by atoms with Crippen molar-refractivity contribution in [2.45, 2.75) is 57.4 Å². The predicted molar refractivity (Wildman–Crippen MR) is 96.8 cm³/mol. The van der Waals surface area contributed by atoms with E-state index in [1.54, 1.807) is 0 Å². The number of β-lactam (4-membered cyclic amide) rings is 1. The number of hydrogen-bond acceptors (Lipinski definition) is 2. The molecule has 1 atom stereocenters. The summed E-state index contributed by atoms with van der Waals surface area (Å²) in [6.07, 6.45) is 8.81. The highest BCUT2D eigenvalue weighted by Gasteiger charge is 2.60. The van der Waals surface area contributed by atoms with Crippen molar-refractivity contribution in [1.82, 2.24) is 9.80 Å². The van der Waals surface area contributed by atoms with E-state index in [-0.39, 0.29) is 29.8 Å². The molecule has 4 nitrogen and oxygen atoms in total. The topological polar surface area (TPSA) is 40.6 Å². The number of likely N-dealkylation sites (tertiary alicyclic amines) is 2. The van der Waals surface area contributed by atoms with Gasteiger partial charge in [-0.05, 0) is 37.7 Å². The number of benzene rings is 1. The maximum atomic E-state index is 13.1. The van der Waals surface area contributed by atoms with Crippen molar-refractivity contribution in [1.29, 1.82) is 0 Å². The molecular formula is C21H28N2O2. The molecule has 0 radical (unpaired) electrons. The minimum Gasteiger partial charge on any atom is -0.341 e. The molecule has 3 fully saturated rings. The molecule has 1 saturated carbocycles. The van der Waals surface area contributed by atoms with Crippen LogP contribution in [0.15, 0.2) is 30.3 Å². The zero-order valence-corrected chi connectivity index (χ0v) is 15.0. The average Bonchev–Trinajstić information content (AvgIpc) is 2.69. The Bertz CT molecular complexity index is 631. The molecule has 4 heteroatoms. The second kappa shape index (κ2) is 6.81. The first-order valence-electron chi connectivity index (χ1n) is 9.86. The van der Waals surface area contributed by atoms with Crippen LogP contribution in [-0.4, -0.2) is 41.2 Å². The molecule has 1 unspecified atom stereocenters. The molecule has 0 N–H and O–H groups in total. The van der Waals surface area contributed by atoms with Gasteiger partial charge in [0.2, 0.25) is 11.8 Å². The Morgan fingerprint density at radius 3 is 2.28 bits per heavy atom. The lowest BCUT2D eigenvalue weighted by atomic mass is 9.60. The zero-order valence-electron chi connectivity index (χ0n) is 15.0. The fourth-order valence-electron chi connectivity index (χ4n) is 5.11. The van der Waals surface area contributed by atoms with Crippen LogP contribution >= 0.6 is 0 Å². The summed E-state index contributed by atoms with van der Waals surface area (Å²) in [5.41, 5.74) is 0.942. The first kappa shape index (κ1) is 16.6. The Balaban J connectivity index is 1.56. The van der Waals surface area contributed by atoms with Crippen LogP contribution in [0.5, 0.6) is 0 Å². The molecule has 1 aromatic rings. The Morgan fingerprint density at radius 1 is 0.960 bits per heavy atom. The van der Waals surface area contributed by atoms with Gasteiger partial charge in [-0.15, -0.1) is 0 Å². The highest BCUT2D eigenvalue weighted by molar-refractivity contribution is 5.94. The molecule has 1 aliphatic carbocycles. The minimum absolute atomic E-state index is 0.0789. The molecule has 3 aliphatic rings. The average molecular weight is 340 g/mol. The van der Waals surface area contributed by atoms with E-state index >= 15 is 0 Å². The van der Waals surface area contributed by atoms with Crippen LogP contribution in [0, 0.1) is 5.41 Å². The smallest absolute Gasteiger partial charge is 0.242 e. The highest BCUT2D eigenvalue weighted by atomic mass is 16.2. The first-order chi connectivity index (χ1) is 12.2. The molecular weight excluding hydrogens is 312 g/mol. The summed E-state index contributed by atoms with van der Waals surface area (Å²) in [5.74, 6) is 0.339. The van der Waals surface area contributed by atoms with E-state index in [1.165, 1.54) is 18.4 Å². The van der Waals surface area contributed by atoms with Crippen LogP contribution in [0.2, 0.25) is 0 Å². The lowest BCUT2D eigenvalue weighted by Gasteiger charge is -2.58.